The minimum absolute atomic E-state index is 0.399. The summed E-state index contributed by atoms with van der Waals surface area (Å²) in [6.07, 6.45) is 6.19. The molecule has 0 saturated heterocycles. The van der Waals surface area contributed by atoms with Gasteiger partial charge in [-0.25, -0.2) is 4.98 Å². The number of anilines is 1. The molecule has 130 valence electrons. The largest absolute Gasteiger partial charge is 0.369 e. The van der Waals surface area contributed by atoms with Gasteiger partial charge in [0.05, 0.1) is 28.1 Å². The van der Waals surface area contributed by atoms with Gasteiger partial charge in [-0.2, -0.15) is 0 Å². The summed E-state index contributed by atoms with van der Waals surface area (Å²) < 4.78 is 0. The van der Waals surface area contributed by atoms with Crippen LogP contribution < -0.4 is 5.32 Å². The predicted molar refractivity (Wildman–Crippen MR) is 111 cm³/mol. The molecule has 2 aromatic heterocycles. The molecule has 1 N–H and O–H groups in total. The monoisotopic (exact) mass is 349 g/mol. The lowest BCUT2D eigenvalue weighted by molar-refractivity contribution is 0.662. The molecule has 0 fully saturated rings. The zero-order chi connectivity index (χ0) is 18.3. The van der Waals surface area contributed by atoms with Crippen LogP contribution in [0.15, 0.2) is 85.1 Å². The van der Waals surface area contributed by atoms with Crippen molar-refractivity contribution in [3.8, 4) is 11.3 Å². The van der Waals surface area contributed by atoms with Crippen LogP contribution in [0.4, 0.5) is 5.69 Å². The molecule has 5 rings (SSSR count). The predicted octanol–water partition coefficient (Wildman–Crippen LogP) is 5.65. The molecule has 1 aliphatic rings. The van der Waals surface area contributed by atoms with E-state index in [1.807, 2.05) is 30.5 Å². The van der Waals surface area contributed by atoms with Gasteiger partial charge >= 0.3 is 0 Å². The molecule has 0 bridgehead atoms. The van der Waals surface area contributed by atoms with Crippen LogP contribution in [-0.2, 0) is 5.54 Å². The number of nitrogens with zero attached hydrogens (tertiary/aromatic N) is 2. The van der Waals surface area contributed by atoms with Crippen LogP contribution in [0.5, 0.6) is 0 Å². The molecule has 3 heteroatoms. The van der Waals surface area contributed by atoms with Gasteiger partial charge in [0.2, 0.25) is 0 Å². The average Bonchev–Trinajstić information content (AvgIpc) is 2.74. The first-order valence-electron chi connectivity index (χ1n) is 9.11. The lowest BCUT2D eigenvalue weighted by Crippen LogP contribution is -2.33. The van der Waals surface area contributed by atoms with Crippen LogP contribution in [0.2, 0.25) is 0 Å². The first-order valence-corrected chi connectivity index (χ1v) is 9.11. The van der Waals surface area contributed by atoms with E-state index in [1.54, 1.807) is 0 Å². The van der Waals surface area contributed by atoms with E-state index in [-0.39, 0.29) is 0 Å². The highest BCUT2D eigenvalue weighted by molar-refractivity contribution is 5.96. The molecule has 0 saturated carbocycles. The van der Waals surface area contributed by atoms with Crippen molar-refractivity contribution in [2.24, 2.45) is 0 Å². The maximum absolute atomic E-state index is 4.96. The fraction of sp³-hybridized carbons (Fsp3) is 0.0833. The van der Waals surface area contributed by atoms with Gasteiger partial charge < -0.3 is 5.32 Å². The van der Waals surface area contributed by atoms with Crippen molar-refractivity contribution in [2.45, 2.75) is 12.5 Å². The Kier molecular flexibility index (Phi) is 3.54. The van der Waals surface area contributed by atoms with Gasteiger partial charge in [-0.05, 0) is 30.7 Å². The summed E-state index contributed by atoms with van der Waals surface area (Å²) in [5.74, 6) is 0. The Labute approximate surface area is 158 Å². The number of hydrogen-bond donors (Lipinski definition) is 1. The van der Waals surface area contributed by atoms with Gasteiger partial charge in [-0.3, -0.25) is 4.98 Å². The van der Waals surface area contributed by atoms with Crippen molar-refractivity contribution < 1.29 is 0 Å². The number of rotatable bonds is 2. The highest BCUT2D eigenvalue weighted by Crippen LogP contribution is 2.38. The molecule has 27 heavy (non-hydrogen) atoms. The third kappa shape index (κ3) is 2.68. The van der Waals surface area contributed by atoms with Crippen LogP contribution in [-0.4, -0.2) is 9.97 Å². The van der Waals surface area contributed by atoms with Crippen LogP contribution in [0.3, 0.4) is 0 Å². The van der Waals surface area contributed by atoms with Crippen molar-refractivity contribution in [2.75, 3.05) is 5.32 Å². The summed E-state index contributed by atoms with van der Waals surface area (Å²) in [4.78, 5) is 9.56. The van der Waals surface area contributed by atoms with Gasteiger partial charge in [0, 0.05) is 17.1 Å². The summed E-state index contributed by atoms with van der Waals surface area (Å²) >= 11 is 0. The molecule has 0 radical (unpaired) electrons. The van der Waals surface area contributed by atoms with E-state index in [1.165, 1.54) is 0 Å². The van der Waals surface area contributed by atoms with E-state index in [4.69, 9.17) is 4.98 Å². The number of aromatic nitrogens is 2. The summed E-state index contributed by atoms with van der Waals surface area (Å²) in [5, 5.41) is 4.83. The summed E-state index contributed by atoms with van der Waals surface area (Å²) in [6, 6.07) is 24.8. The van der Waals surface area contributed by atoms with Crippen LogP contribution in [0, 0.1) is 0 Å². The number of nitrogens with one attached hydrogen (secondary N) is 1. The number of fused-ring (bicyclic) bond motifs is 3. The Morgan fingerprint density at radius 1 is 0.852 bits per heavy atom. The smallest absolute Gasteiger partial charge is 0.0957 e. The zero-order valence-corrected chi connectivity index (χ0v) is 15.1. The minimum Gasteiger partial charge on any atom is -0.369 e. The van der Waals surface area contributed by atoms with Crippen molar-refractivity contribution in [1.82, 2.24) is 9.97 Å². The Balaban J connectivity index is 1.60. The first-order chi connectivity index (χ1) is 13.2. The van der Waals surface area contributed by atoms with Crippen molar-refractivity contribution in [3.63, 3.8) is 0 Å². The van der Waals surface area contributed by atoms with Gasteiger partial charge in [-0.1, -0.05) is 66.7 Å². The molecule has 3 heterocycles. The highest BCUT2D eigenvalue weighted by atomic mass is 15.0. The molecule has 1 unspecified atom stereocenters. The first kappa shape index (κ1) is 15.8. The molecule has 2 aromatic carbocycles. The van der Waals surface area contributed by atoms with Gasteiger partial charge in [0.25, 0.3) is 0 Å². The maximum Gasteiger partial charge on any atom is 0.0957 e. The van der Waals surface area contributed by atoms with Gasteiger partial charge in [0.15, 0.2) is 0 Å². The van der Waals surface area contributed by atoms with Crippen LogP contribution in [0.25, 0.3) is 28.2 Å². The average molecular weight is 349 g/mol. The zero-order valence-electron chi connectivity index (χ0n) is 15.1. The Morgan fingerprint density at radius 3 is 2.63 bits per heavy atom. The number of pyridine rings is 2. The molecular formula is C24H19N3. The standard InChI is InChI=1S/C24H19N3/c1-24(21-11-5-10-20(26-21)17-7-3-2-4-8-17)15-14-19-13-12-18-9-6-16-25-22(18)23(19)27-24/h2-16,27H,1H3. The molecule has 1 aliphatic heterocycles. The van der Waals surface area contributed by atoms with Crippen LogP contribution in [0.1, 0.15) is 18.2 Å². The highest BCUT2D eigenvalue weighted by Gasteiger charge is 2.30. The molecule has 0 spiro atoms. The minimum atomic E-state index is -0.399. The Hall–Kier alpha value is -3.46. The summed E-state index contributed by atoms with van der Waals surface area (Å²) in [6.45, 7) is 2.16. The van der Waals surface area contributed by atoms with E-state index in [9.17, 15) is 0 Å². The van der Waals surface area contributed by atoms with Crippen LogP contribution >= 0.6 is 0 Å². The molecular weight excluding hydrogens is 330 g/mol. The van der Waals surface area contributed by atoms with Crippen molar-refractivity contribution in [3.05, 3.63) is 96.3 Å². The van der Waals surface area contributed by atoms with E-state index in [0.717, 1.165) is 39.1 Å². The SMILES string of the molecule is CC1(c2cccc(-c3ccccc3)n2)C=Cc2ccc3cccnc3c2N1. The normalized spacial score (nSPS) is 18.1. The van der Waals surface area contributed by atoms with Crippen molar-refractivity contribution in [1.29, 1.82) is 0 Å². The van der Waals surface area contributed by atoms with Gasteiger partial charge in [-0.15, -0.1) is 0 Å². The Morgan fingerprint density at radius 2 is 1.74 bits per heavy atom. The second kappa shape index (κ2) is 6.06. The third-order valence-corrected chi connectivity index (χ3v) is 5.14. The second-order valence-electron chi connectivity index (χ2n) is 7.04. The molecule has 0 amide bonds. The van der Waals surface area contributed by atoms with Crippen molar-refractivity contribution >= 4 is 22.7 Å². The number of hydrogen-bond acceptors (Lipinski definition) is 3. The Bertz CT molecular complexity index is 1160. The van der Waals surface area contributed by atoms with E-state index < -0.39 is 5.54 Å². The van der Waals surface area contributed by atoms with E-state index in [2.05, 4.69) is 77.9 Å². The molecule has 0 aliphatic carbocycles. The molecule has 3 nitrogen and oxygen atoms in total. The third-order valence-electron chi connectivity index (χ3n) is 5.14. The lowest BCUT2D eigenvalue weighted by Gasteiger charge is -2.33. The maximum atomic E-state index is 4.96. The van der Waals surface area contributed by atoms with E-state index in [0.29, 0.717) is 0 Å². The number of benzene rings is 2. The van der Waals surface area contributed by atoms with Gasteiger partial charge in [0.1, 0.15) is 0 Å². The van der Waals surface area contributed by atoms with E-state index >= 15 is 0 Å². The quantitative estimate of drug-likeness (QED) is 0.508. The second-order valence-corrected chi connectivity index (χ2v) is 7.04. The molecule has 4 aromatic rings. The summed E-state index contributed by atoms with van der Waals surface area (Å²) in [7, 11) is 0. The topological polar surface area (TPSA) is 37.8 Å². The summed E-state index contributed by atoms with van der Waals surface area (Å²) in [5.41, 5.74) is 5.89. The lowest BCUT2D eigenvalue weighted by atomic mass is 9.90. The fourth-order valence-electron chi connectivity index (χ4n) is 3.63. The fourth-order valence-corrected chi connectivity index (χ4v) is 3.63. The molecule has 1 atom stereocenters.